The summed E-state index contributed by atoms with van der Waals surface area (Å²) < 4.78 is 6.48. The zero-order valence-electron chi connectivity index (χ0n) is 25.6. The van der Waals surface area contributed by atoms with E-state index >= 15 is 0 Å². The van der Waals surface area contributed by atoms with Crippen molar-refractivity contribution in [3.05, 3.63) is 170 Å². The summed E-state index contributed by atoms with van der Waals surface area (Å²) in [5.74, 6) is 0. The van der Waals surface area contributed by atoms with E-state index in [0.29, 0.717) is 0 Å². The highest BCUT2D eigenvalue weighted by atomic mass is 16.3. The Hall–Kier alpha value is -6.18. The van der Waals surface area contributed by atoms with Gasteiger partial charge >= 0.3 is 0 Å². The third kappa shape index (κ3) is 3.97. The van der Waals surface area contributed by atoms with Crippen molar-refractivity contribution in [2.75, 3.05) is 0 Å². The average molecular weight is 597 g/mol. The predicted octanol–water partition coefficient (Wildman–Crippen LogP) is 13.2. The molecule has 218 valence electrons. The molecular weight excluding hydrogens is 569 g/mol. The molecule has 9 aromatic carbocycles. The van der Waals surface area contributed by atoms with Gasteiger partial charge in [0.05, 0.1) is 0 Å². The summed E-state index contributed by atoms with van der Waals surface area (Å²) in [6.07, 6.45) is 0. The van der Waals surface area contributed by atoms with Crippen LogP contribution in [-0.2, 0) is 0 Å². The molecule has 0 saturated heterocycles. The van der Waals surface area contributed by atoms with Crippen LogP contribution >= 0.6 is 0 Å². The van der Waals surface area contributed by atoms with Crippen LogP contribution < -0.4 is 0 Å². The maximum atomic E-state index is 6.48. The van der Waals surface area contributed by atoms with E-state index in [1.54, 1.807) is 0 Å². The zero-order valence-corrected chi connectivity index (χ0v) is 25.6. The molecule has 0 spiro atoms. The second kappa shape index (κ2) is 10.2. The Balaban J connectivity index is 1.30. The molecule has 1 nitrogen and oxygen atoms in total. The van der Waals surface area contributed by atoms with Gasteiger partial charge in [0.2, 0.25) is 0 Å². The van der Waals surface area contributed by atoms with Crippen LogP contribution in [0.2, 0.25) is 0 Å². The average Bonchev–Trinajstić information content (AvgIpc) is 3.52. The Morgan fingerprint density at radius 2 is 0.936 bits per heavy atom. The molecule has 10 aromatic rings. The van der Waals surface area contributed by atoms with Crippen LogP contribution in [-0.4, -0.2) is 0 Å². The molecule has 0 fully saturated rings. The van der Waals surface area contributed by atoms with Crippen molar-refractivity contribution in [1.29, 1.82) is 0 Å². The van der Waals surface area contributed by atoms with Crippen LogP contribution in [0.4, 0.5) is 0 Å². The van der Waals surface area contributed by atoms with E-state index in [0.717, 1.165) is 33.1 Å². The summed E-state index contributed by atoms with van der Waals surface area (Å²) in [7, 11) is 0. The molecular formula is C46H28O. The van der Waals surface area contributed by atoms with Gasteiger partial charge in [0.25, 0.3) is 0 Å². The van der Waals surface area contributed by atoms with Gasteiger partial charge in [-0.05, 0) is 89.1 Å². The lowest BCUT2D eigenvalue weighted by molar-refractivity contribution is 0.670. The van der Waals surface area contributed by atoms with Crippen molar-refractivity contribution in [2.45, 2.75) is 0 Å². The van der Waals surface area contributed by atoms with E-state index in [4.69, 9.17) is 4.42 Å². The fraction of sp³-hybridized carbons (Fsp3) is 0. The third-order valence-electron chi connectivity index (χ3n) is 9.82. The zero-order chi connectivity index (χ0) is 30.9. The monoisotopic (exact) mass is 596 g/mol. The quantitative estimate of drug-likeness (QED) is 0.146. The van der Waals surface area contributed by atoms with Crippen LogP contribution in [0.5, 0.6) is 0 Å². The Bertz CT molecular complexity index is 2850. The fourth-order valence-electron chi connectivity index (χ4n) is 7.72. The molecule has 0 aliphatic carbocycles. The summed E-state index contributed by atoms with van der Waals surface area (Å²) in [6, 6.07) is 61.6. The van der Waals surface area contributed by atoms with E-state index < -0.39 is 0 Å². The van der Waals surface area contributed by atoms with Gasteiger partial charge in [0.15, 0.2) is 0 Å². The lowest BCUT2D eigenvalue weighted by Crippen LogP contribution is -1.92. The molecule has 1 aromatic heterocycles. The van der Waals surface area contributed by atoms with Crippen molar-refractivity contribution >= 4 is 65.0 Å². The van der Waals surface area contributed by atoms with Gasteiger partial charge in [-0.1, -0.05) is 152 Å². The topological polar surface area (TPSA) is 13.1 Å². The van der Waals surface area contributed by atoms with Gasteiger partial charge in [-0.25, -0.2) is 0 Å². The summed E-state index contributed by atoms with van der Waals surface area (Å²) in [5, 5.41) is 12.3. The van der Waals surface area contributed by atoms with Crippen molar-refractivity contribution in [3.63, 3.8) is 0 Å². The number of furan rings is 1. The highest BCUT2D eigenvalue weighted by molar-refractivity contribution is 6.28. The molecule has 0 bridgehead atoms. The molecule has 0 N–H and O–H groups in total. The van der Waals surface area contributed by atoms with Gasteiger partial charge < -0.3 is 4.42 Å². The van der Waals surface area contributed by atoms with E-state index in [1.807, 2.05) is 6.07 Å². The molecule has 10 rings (SSSR count). The second-order valence-corrected chi connectivity index (χ2v) is 12.4. The first-order valence-electron chi connectivity index (χ1n) is 16.2. The molecule has 0 aliphatic rings. The van der Waals surface area contributed by atoms with Crippen LogP contribution in [0.3, 0.4) is 0 Å². The minimum Gasteiger partial charge on any atom is -0.455 e. The van der Waals surface area contributed by atoms with Gasteiger partial charge in [0.1, 0.15) is 11.2 Å². The molecule has 1 heterocycles. The van der Waals surface area contributed by atoms with Crippen molar-refractivity contribution in [2.24, 2.45) is 0 Å². The number of benzene rings is 9. The van der Waals surface area contributed by atoms with E-state index in [9.17, 15) is 0 Å². The Kier molecular flexibility index (Phi) is 5.64. The minimum atomic E-state index is 0.916. The maximum absolute atomic E-state index is 6.48. The molecule has 0 atom stereocenters. The Morgan fingerprint density at radius 1 is 0.319 bits per heavy atom. The van der Waals surface area contributed by atoms with Crippen LogP contribution in [0.1, 0.15) is 0 Å². The summed E-state index contributed by atoms with van der Waals surface area (Å²) in [5.41, 5.74) is 9.05. The normalized spacial score (nSPS) is 11.8. The number of rotatable bonds is 3. The first-order valence-corrected chi connectivity index (χ1v) is 16.2. The molecule has 0 aliphatic heterocycles. The molecule has 1 heteroatoms. The van der Waals surface area contributed by atoms with Gasteiger partial charge in [0, 0.05) is 16.3 Å². The molecule has 0 unspecified atom stereocenters. The SMILES string of the molecule is c1cc(-c2cccc3c2oc2ccccc23)cc(-c2c3ccccc3c(-c3ccc4ccccc4c3)c3ccc4ccccc4c23)c1. The third-order valence-corrected chi connectivity index (χ3v) is 9.82. The van der Waals surface area contributed by atoms with E-state index in [1.165, 1.54) is 65.3 Å². The van der Waals surface area contributed by atoms with Gasteiger partial charge in [-0.3, -0.25) is 0 Å². The van der Waals surface area contributed by atoms with Gasteiger partial charge in [-0.2, -0.15) is 0 Å². The first kappa shape index (κ1) is 26.1. The number of fused-ring (bicyclic) bond motifs is 8. The molecule has 47 heavy (non-hydrogen) atoms. The highest BCUT2D eigenvalue weighted by Crippen LogP contribution is 2.47. The molecule has 0 amide bonds. The van der Waals surface area contributed by atoms with E-state index in [2.05, 4.69) is 164 Å². The minimum absolute atomic E-state index is 0.916. The lowest BCUT2D eigenvalue weighted by atomic mass is 9.83. The number of hydrogen-bond acceptors (Lipinski definition) is 1. The maximum Gasteiger partial charge on any atom is 0.143 e. The van der Waals surface area contributed by atoms with Crippen LogP contribution in [0.25, 0.3) is 98.4 Å². The standard InChI is InChI=1S/C46H28O/c1-2-13-31-27-34(24-23-29(31)11-1)43-38-18-5-6-19-39(38)44(45-35-16-4-3-12-30(35)25-26-41(43)45)33-15-9-14-32(28-33)36-20-10-21-40-37-17-7-8-22-42(37)47-46(36)40/h1-28H. The van der Waals surface area contributed by atoms with Crippen molar-refractivity contribution in [3.8, 4) is 33.4 Å². The smallest absolute Gasteiger partial charge is 0.143 e. The first-order chi connectivity index (χ1) is 23.3. The molecule has 0 radical (unpaired) electrons. The summed E-state index contributed by atoms with van der Waals surface area (Å²) in [4.78, 5) is 0. The summed E-state index contributed by atoms with van der Waals surface area (Å²) >= 11 is 0. The lowest BCUT2D eigenvalue weighted by Gasteiger charge is -2.20. The second-order valence-electron chi connectivity index (χ2n) is 12.4. The van der Waals surface area contributed by atoms with Crippen LogP contribution in [0, 0.1) is 0 Å². The predicted molar refractivity (Wildman–Crippen MR) is 200 cm³/mol. The van der Waals surface area contributed by atoms with E-state index in [-0.39, 0.29) is 0 Å². The largest absolute Gasteiger partial charge is 0.455 e. The number of hydrogen-bond donors (Lipinski definition) is 0. The van der Waals surface area contributed by atoms with Crippen molar-refractivity contribution in [1.82, 2.24) is 0 Å². The summed E-state index contributed by atoms with van der Waals surface area (Å²) in [6.45, 7) is 0. The van der Waals surface area contributed by atoms with Crippen LogP contribution in [0.15, 0.2) is 174 Å². The van der Waals surface area contributed by atoms with Crippen molar-refractivity contribution < 1.29 is 4.42 Å². The van der Waals surface area contributed by atoms with Gasteiger partial charge in [-0.15, -0.1) is 0 Å². The Labute approximate surface area is 271 Å². The molecule has 0 saturated carbocycles. The highest BCUT2D eigenvalue weighted by Gasteiger charge is 2.20. The Morgan fingerprint density at radius 3 is 1.81 bits per heavy atom. The fourth-order valence-corrected chi connectivity index (χ4v) is 7.72. The number of para-hydroxylation sites is 2.